The first-order valence-electron chi connectivity index (χ1n) is 9.32. The van der Waals surface area contributed by atoms with E-state index in [-0.39, 0.29) is 0 Å². The zero-order valence-corrected chi connectivity index (χ0v) is 13.6. The van der Waals surface area contributed by atoms with Crippen molar-refractivity contribution in [2.75, 3.05) is 6.54 Å². The molecule has 0 spiro atoms. The summed E-state index contributed by atoms with van der Waals surface area (Å²) < 4.78 is 0. The smallest absolute Gasteiger partial charge is 0.0116 e. The third kappa shape index (κ3) is 3.39. The maximum Gasteiger partial charge on any atom is 0.0116 e. The molecule has 0 aromatic heterocycles. The van der Waals surface area contributed by atoms with Crippen LogP contribution >= 0.6 is 0 Å². The Bertz CT molecular complexity index is 286. The first-order valence-corrected chi connectivity index (χ1v) is 9.32. The van der Waals surface area contributed by atoms with Gasteiger partial charge >= 0.3 is 0 Å². The van der Waals surface area contributed by atoms with Gasteiger partial charge in [0.05, 0.1) is 0 Å². The second-order valence-corrected chi connectivity index (χ2v) is 7.55. The van der Waals surface area contributed by atoms with E-state index >= 15 is 0 Å². The van der Waals surface area contributed by atoms with Crippen LogP contribution in [0, 0.1) is 5.92 Å². The topological polar surface area (TPSA) is 15.3 Å². The van der Waals surface area contributed by atoms with Gasteiger partial charge in [0.1, 0.15) is 0 Å². The molecule has 1 aliphatic carbocycles. The summed E-state index contributed by atoms with van der Waals surface area (Å²) in [6.45, 7) is 5.92. The van der Waals surface area contributed by atoms with Gasteiger partial charge in [0.2, 0.25) is 0 Å². The summed E-state index contributed by atoms with van der Waals surface area (Å²) in [5.74, 6) is 1.08. The molecule has 2 heterocycles. The van der Waals surface area contributed by atoms with Crippen LogP contribution in [0.1, 0.15) is 78.1 Å². The molecular formula is C18H34N2. The van der Waals surface area contributed by atoms with E-state index in [9.17, 15) is 0 Å². The summed E-state index contributed by atoms with van der Waals surface area (Å²) in [5.41, 5.74) is 0. The van der Waals surface area contributed by atoms with E-state index < -0.39 is 0 Å². The fourth-order valence-electron chi connectivity index (χ4n) is 4.77. The lowest BCUT2D eigenvalue weighted by Crippen LogP contribution is -2.59. The van der Waals surface area contributed by atoms with Crippen LogP contribution in [0.2, 0.25) is 0 Å². The Balaban J connectivity index is 1.62. The Morgan fingerprint density at radius 3 is 2.30 bits per heavy atom. The van der Waals surface area contributed by atoms with Crippen molar-refractivity contribution in [2.24, 2.45) is 5.92 Å². The first-order chi connectivity index (χ1) is 9.81. The van der Waals surface area contributed by atoms with Gasteiger partial charge in [0.25, 0.3) is 0 Å². The van der Waals surface area contributed by atoms with Gasteiger partial charge in [-0.3, -0.25) is 4.90 Å². The van der Waals surface area contributed by atoms with Crippen molar-refractivity contribution in [3.05, 3.63) is 0 Å². The minimum absolute atomic E-state index is 0.805. The molecule has 3 atom stereocenters. The number of piperidine rings is 2. The van der Waals surface area contributed by atoms with Gasteiger partial charge in [-0.25, -0.2) is 0 Å². The minimum Gasteiger partial charge on any atom is -0.314 e. The van der Waals surface area contributed by atoms with E-state index in [0.717, 1.165) is 30.1 Å². The molecule has 0 aromatic carbocycles. The van der Waals surface area contributed by atoms with E-state index in [2.05, 4.69) is 24.1 Å². The molecule has 2 heteroatoms. The lowest BCUT2D eigenvalue weighted by atomic mass is 9.79. The highest BCUT2D eigenvalue weighted by Crippen LogP contribution is 2.41. The Kier molecular flexibility index (Phi) is 5.04. The molecular weight excluding hydrogens is 244 g/mol. The van der Waals surface area contributed by atoms with Crippen LogP contribution in [0.15, 0.2) is 0 Å². The summed E-state index contributed by atoms with van der Waals surface area (Å²) in [6, 6.07) is 3.48. The van der Waals surface area contributed by atoms with Crippen LogP contribution in [0.5, 0.6) is 0 Å². The van der Waals surface area contributed by atoms with Crippen LogP contribution in [-0.4, -0.2) is 35.6 Å². The van der Waals surface area contributed by atoms with E-state index in [1.165, 1.54) is 70.8 Å². The molecule has 2 aliphatic heterocycles. The highest BCUT2D eigenvalue weighted by atomic mass is 15.2. The zero-order valence-electron chi connectivity index (χ0n) is 13.6. The van der Waals surface area contributed by atoms with Crippen LogP contribution in [0.3, 0.4) is 0 Å². The SMILES string of the molecule is CCCNC1CC2CCCC(C1)N2C(CC)CC1CC1. The molecule has 20 heavy (non-hydrogen) atoms. The largest absolute Gasteiger partial charge is 0.314 e. The van der Waals surface area contributed by atoms with Crippen LogP contribution < -0.4 is 5.32 Å². The number of nitrogens with zero attached hydrogens (tertiary/aromatic N) is 1. The van der Waals surface area contributed by atoms with Crippen LogP contribution in [0.4, 0.5) is 0 Å². The van der Waals surface area contributed by atoms with Gasteiger partial charge in [-0.15, -0.1) is 0 Å². The third-order valence-corrected chi connectivity index (χ3v) is 5.91. The Hall–Kier alpha value is -0.0800. The van der Waals surface area contributed by atoms with Crippen LogP contribution in [0.25, 0.3) is 0 Å². The van der Waals surface area contributed by atoms with Crippen molar-refractivity contribution in [1.82, 2.24) is 10.2 Å². The summed E-state index contributed by atoms with van der Waals surface area (Å²) >= 11 is 0. The Morgan fingerprint density at radius 1 is 1.05 bits per heavy atom. The summed E-state index contributed by atoms with van der Waals surface area (Å²) in [6.07, 6.45) is 14.4. The second kappa shape index (κ2) is 6.79. The van der Waals surface area contributed by atoms with Crippen molar-refractivity contribution in [3.8, 4) is 0 Å². The zero-order chi connectivity index (χ0) is 13.9. The van der Waals surface area contributed by atoms with Crippen molar-refractivity contribution >= 4 is 0 Å². The van der Waals surface area contributed by atoms with Crippen molar-refractivity contribution in [3.63, 3.8) is 0 Å². The molecule has 0 radical (unpaired) electrons. The first kappa shape index (κ1) is 14.8. The van der Waals surface area contributed by atoms with E-state index in [1.54, 1.807) is 0 Å². The van der Waals surface area contributed by atoms with Crippen molar-refractivity contribution in [1.29, 1.82) is 0 Å². The van der Waals surface area contributed by atoms with Crippen molar-refractivity contribution in [2.45, 2.75) is 102 Å². The molecule has 3 fully saturated rings. The lowest BCUT2D eigenvalue weighted by Gasteiger charge is -2.52. The normalized spacial score (nSPS) is 36.0. The van der Waals surface area contributed by atoms with E-state index in [4.69, 9.17) is 0 Å². The van der Waals surface area contributed by atoms with Gasteiger partial charge in [0.15, 0.2) is 0 Å². The quantitative estimate of drug-likeness (QED) is 0.758. The standard InChI is InChI=1S/C18H34N2/c1-3-10-19-15-12-17-6-5-7-18(13-15)20(17)16(4-2)11-14-8-9-14/h14-19H,3-13H2,1-2H3. The second-order valence-electron chi connectivity index (χ2n) is 7.55. The molecule has 1 saturated carbocycles. The molecule has 2 nitrogen and oxygen atoms in total. The lowest BCUT2D eigenvalue weighted by molar-refractivity contribution is -0.0163. The highest BCUT2D eigenvalue weighted by molar-refractivity contribution is 4.98. The number of nitrogens with one attached hydrogen (secondary N) is 1. The highest BCUT2D eigenvalue weighted by Gasteiger charge is 2.42. The Labute approximate surface area is 125 Å². The van der Waals surface area contributed by atoms with Gasteiger partial charge in [-0.2, -0.15) is 0 Å². The summed E-state index contributed by atoms with van der Waals surface area (Å²) in [7, 11) is 0. The van der Waals surface area contributed by atoms with Crippen molar-refractivity contribution < 1.29 is 0 Å². The molecule has 116 valence electrons. The molecule has 0 aromatic rings. The maximum absolute atomic E-state index is 3.80. The van der Waals surface area contributed by atoms with Crippen LogP contribution in [-0.2, 0) is 0 Å². The predicted octanol–water partition coefficient (Wildman–Crippen LogP) is 3.95. The maximum atomic E-state index is 3.80. The minimum atomic E-state index is 0.805. The monoisotopic (exact) mass is 278 g/mol. The fourth-order valence-corrected chi connectivity index (χ4v) is 4.77. The predicted molar refractivity (Wildman–Crippen MR) is 86.0 cm³/mol. The molecule has 2 bridgehead atoms. The van der Waals surface area contributed by atoms with Gasteiger partial charge in [0, 0.05) is 24.2 Å². The molecule has 3 rings (SSSR count). The third-order valence-electron chi connectivity index (χ3n) is 5.91. The molecule has 3 aliphatic rings. The average Bonchev–Trinajstić information content (AvgIpc) is 3.25. The number of rotatable bonds is 7. The Morgan fingerprint density at radius 2 is 1.75 bits per heavy atom. The van der Waals surface area contributed by atoms with E-state index in [0.29, 0.717) is 0 Å². The number of hydrogen-bond acceptors (Lipinski definition) is 2. The summed E-state index contributed by atoms with van der Waals surface area (Å²) in [4.78, 5) is 2.99. The molecule has 2 saturated heterocycles. The number of hydrogen-bond donors (Lipinski definition) is 1. The van der Waals surface area contributed by atoms with E-state index in [1.807, 2.05) is 0 Å². The molecule has 0 amide bonds. The summed E-state index contributed by atoms with van der Waals surface area (Å²) in [5, 5.41) is 3.80. The van der Waals surface area contributed by atoms with Gasteiger partial charge < -0.3 is 5.32 Å². The average molecular weight is 278 g/mol. The van der Waals surface area contributed by atoms with Gasteiger partial charge in [-0.05, 0) is 57.4 Å². The molecule has 1 N–H and O–H groups in total. The number of fused-ring (bicyclic) bond motifs is 2. The fraction of sp³-hybridized carbons (Fsp3) is 1.00. The molecule has 3 unspecified atom stereocenters. The van der Waals surface area contributed by atoms with Gasteiger partial charge in [-0.1, -0.05) is 33.1 Å².